The van der Waals surface area contributed by atoms with Crippen molar-refractivity contribution in [2.45, 2.75) is 18.6 Å². The molecule has 0 N–H and O–H groups in total. The molecule has 0 fully saturated rings. The third-order valence-corrected chi connectivity index (χ3v) is 5.95. The Morgan fingerprint density at radius 3 is 2.60 bits per heavy atom. The van der Waals surface area contributed by atoms with E-state index in [2.05, 4.69) is 10.3 Å². The summed E-state index contributed by atoms with van der Waals surface area (Å²) in [5.41, 5.74) is 0.714. The standard InChI is InChI=1S/C24H17F5N4O2/c1-32-10-14(9-30-32)19-12-33(11-13-6-15(24(27,28)29)2-4-17(13)19)23(34)21-8-22(35-31-21)18-5-3-16(25)7-20(18)26/h2-10,19H,11-12H2,1H3. The van der Waals surface area contributed by atoms with Gasteiger partial charge in [-0.3, -0.25) is 9.48 Å². The van der Waals surface area contributed by atoms with Crippen molar-refractivity contribution < 1.29 is 31.3 Å². The molecule has 2 aromatic carbocycles. The lowest BCUT2D eigenvalue weighted by Crippen LogP contribution is -2.39. The van der Waals surface area contributed by atoms with Crippen LogP contribution in [0.1, 0.15) is 38.7 Å². The zero-order chi connectivity index (χ0) is 24.9. The summed E-state index contributed by atoms with van der Waals surface area (Å²) in [6.07, 6.45) is -1.19. The topological polar surface area (TPSA) is 64.2 Å². The molecule has 180 valence electrons. The Bertz CT molecular complexity index is 1430. The number of nitrogens with zero attached hydrogens (tertiary/aromatic N) is 4. The highest BCUT2D eigenvalue weighted by Gasteiger charge is 2.36. The van der Waals surface area contributed by atoms with Crippen molar-refractivity contribution in [3.8, 4) is 11.3 Å². The van der Waals surface area contributed by atoms with Gasteiger partial charge >= 0.3 is 6.18 Å². The lowest BCUT2D eigenvalue weighted by atomic mass is 9.85. The Labute approximate surface area is 195 Å². The minimum absolute atomic E-state index is 0.0774. The second-order valence-electron chi connectivity index (χ2n) is 8.30. The molecule has 1 unspecified atom stereocenters. The van der Waals surface area contributed by atoms with Crippen LogP contribution in [0.2, 0.25) is 0 Å². The molecule has 3 heterocycles. The Kier molecular flexibility index (Phi) is 5.42. The molecule has 0 aliphatic carbocycles. The fraction of sp³-hybridized carbons (Fsp3) is 0.208. The van der Waals surface area contributed by atoms with Gasteiger partial charge in [-0.15, -0.1) is 0 Å². The van der Waals surface area contributed by atoms with Crippen molar-refractivity contribution in [2.24, 2.45) is 7.05 Å². The molecule has 1 atom stereocenters. The molecule has 0 spiro atoms. The van der Waals surface area contributed by atoms with Crippen LogP contribution in [0.25, 0.3) is 11.3 Å². The third-order valence-electron chi connectivity index (χ3n) is 5.95. The van der Waals surface area contributed by atoms with Crippen LogP contribution < -0.4 is 0 Å². The minimum atomic E-state index is -4.54. The second-order valence-corrected chi connectivity index (χ2v) is 8.30. The molecule has 0 saturated heterocycles. The summed E-state index contributed by atoms with van der Waals surface area (Å²) < 4.78 is 74.1. The van der Waals surface area contributed by atoms with E-state index in [1.807, 2.05) is 0 Å². The van der Waals surface area contributed by atoms with Crippen molar-refractivity contribution in [3.63, 3.8) is 0 Å². The van der Waals surface area contributed by atoms with Gasteiger partial charge in [0, 0.05) is 44.4 Å². The molecule has 5 rings (SSSR count). The number of aromatic nitrogens is 3. The van der Waals surface area contributed by atoms with E-state index in [1.165, 1.54) is 17.0 Å². The van der Waals surface area contributed by atoms with Crippen molar-refractivity contribution in [1.82, 2.24) is 19.8 Å². The summed E-state index contributed by atoms with van der Waals surface area (Å²) >= 11 is 0. The van der Waals surface area contributed by atoms with Crippen LogP contribution in [-0.4, -0.2) is 32.3 Å². The molecule has 0 saturated carbocycles. The number of fused-ring (bicyclic) bond motifs is 1. The van der Waals surface area contributed by atoms with Crippen molar-refractivity contribution in [1.29, 1.82) is 0 Å². The monoisotopic (exact) mass is 488 g/mol. The van der Waals surface area contributed by atoms with Crippen LogP contribution in [0.3, 0.4) is 0 Å². The van der Waals surface area contributed by atoms with Crippen LogP contribution in [0.15, 0.2) is 59.4 Å². The summed E-state index contributed by atoms with van der Waals surface area (Å²) in [7, 11) is 1.72. The van der Waals surface area contributed by atoms with Crippen molar-refractivity contribution >= 4 is 5.91 Å². The highest BCUT2D eigenvalue weighted by atomic mass is 19.4. The van der Waals surface area contributed by atoms with Crippen molar-refractivity contribution in [3.05, 3.63) is 94.4 Å². The van der Waals surface area contributed by atoms with E-state index < -0.39 is 35.2 Å². The van der Waals surface area contributed by atoms with Gasteiger partial charge in [0.15, 0.2) is 11.5 Å². The molecule has 0 radical (unpaired) electrons. The number of halogens is 5. The van der Waals surface area contributed by atoms with Gasteiger partial charge in [0.25, 0.3) is 5.91 Å². The summed E-state index contributed by atoms with van der Waals surface area (Å²) in [5.74, 6) is -2.75. The molecule has 2 aromatic heterocycles. The highest BCUT2D eigenvalue weighted by Crippen LogP contribution is 2.38. The lowest BCUT2D eigenvalue weighted by Gasteiger charge is -2.34. The Balaban J connectivity index is 1.50. The SMILES string of the molecule is Cn1cc(C2CN(C(=O)c3cc(-c4ccc(F)cc4F)on3)Cc3cc(C(F)(F)F)ccc32)cn1. The van der Waals surface area contributed by atoms with E-state index in [0.717, 1.165) is 29.8 Å². The minimum Gasteiger partial charge on any atom is -0.355 e. The maximum absolute atomic E-state index is 14.1. The van der Waals surface area contributed by atoms with E-state index in [-0.39, 0.29) is 30.1 Å². The van der Waals surface area contributed by atoms with Crippen LogP contribution in [0.5, 0.6) is 0 Å². The number of hydrogen-bond donors (Lipinski definition) is 0. The number of rotatable bonds is 3. The molecule has 6 nitrogen and oxygen atoms in total. The summed E-state index contributed by atoms with van der Waals surface area (Å²) in [6.45, 7) is 0.0813. The first-order chi connectivity index (χ1) is 16.6. The average molecular weight is 488 g/mol. The van der Waals surface area contributed by atoms with Gasteiger partial charge < -0.3 is 9.42 Å². The number of aryl methyl sites for hydroxylation is 1. The third kappa shape index (κ3) is 4.29. The quantitative estimate of drug-likeness (QED) is 0.374. The maximum Gasteiger partial charge on any atom is 0.416 e. The number of amides is 1. The van der Waals surface area contributed by atoms with E-state index in [9.17, 15) is 26.7 Å². The molecule has 1 amide bonds. The first kappa shape index (κ1) is 22.8. The van der Waals surface area contributed by atoms with Gasteiger partial charge in [-0.1, -0.05) is 11.2 Å². The van der Waals surface area contributed by atoms with Crippen molar-refractivity contribution in [2.75, 3.05) is 6.54 Å². The zero-order valence-corrected chi connectivity index (χ0v) is 18.2. The fourth-order valence-corrected chi connectivity index (χ4v) is 4.26. The first-order valence-corrected chi connectivity index (χ1v) is 10.5. The molecule has 11 heteroatoms. The fourth-order valence-electron chi connectivity index (χ4n) is 4.26. The predicted molar refractivity (Wildman–Crippen MR) is 113 cm³/mol. The molecule has 35 heavy (non-hydrogen) atoms. The lowest BCUT2D eigenvalue weighted by molar-refractivity contribution is -0.137. The van der Waals surface area contributed by atoms with Crippen LogP contribution in [-0.2, 0) is 19.8 Å². The summed E-state index contributed by atoms with van der Waals surface area (Å²) in [6, 6.07) is 7.61. The van der Waals surface area contributed by atoms with Gasteiger partial charge in [-0.2, -0.15) is 18.3 Å². The molecular weight excluding hydrogens is 471 g/mol. The normalized spacial score (nSPS) is 15.8. The van der Waals surface area contributed by atoms with Gasteiger partial charge in [-0.05, 0) is 41.0 Å². The van der Waals surface area contributed by atoms with E-state index in [1.54, 1.807) is 24.1 Å². The van der Waals surface area contributed by atoms with Gasteiger partial charge in [0.2, 0.25) is 0 Å². The molecule has 1 aliphatic heterocycles. The van der Waals surface area contributed by atoms with E-state index >= 15 is 0 Å². The molecule has 0 bridgehead atoms. The largest absolute Gasteiger partial charge is 0.416 e. The number of carbonyl (C=O) groups excluding carboxylic acids is 1. The van der Waals surface area contributed by atoms with Crippen LogP contribution in [0.4, 0.5) is 22.0 Å². The number of hydrogen-bond acceptors (Lipinski definition) is 4. The van der Waals surface area contributed by atoms with Gasteiger partial charge in [0.1, 0.15) is 11.6 Å². The second kappa shape index (κ2) is 8.33. The Morgan fingerprint density at radius 1 is 1.11 bits per heavy atom. The molecular formula is C24H17F5N4O2. The number of carbonyl (C=O) groups is 1. The average Bonchev–Trinajstić information content (AvgIpc) is 3.46. The first-order valence-electron chi connectivity index (χ1n) is 10.5. The molecule has 1 aliphatic rings. The highest BCUT2D eigenvalue weighted by molar-refractivity contribution is 5.93. The van der Waals surface area contributed by atoms with E-state index in [0.29, 0.717) is 17.2 Å². The summed E-state index contributed by atoms with van der Waals surface area (Å²) in [4.78, 5) is 14.6. The number of alkyl halides is 3. The van der Waals surface area contributed by atoms with Gasteiger partial charge in [0.05, 0.1) is 17.3 Å². The zero-order valence-electron chi connectivity index (χ0n) is 18.2. The van der Waals surface area contributed by atoms with Crippen LogP contribution in [0, 0.1) is 11.6 Å². The number of benzene rings is 2. The maximum atomic E-state index is 14.1. The van der Waals surface area contributed by atoms with Gasteiger partial charge in [-0.25, -0.2) is 8.78 Å². The van der Waals surface area contributed by atoms with Crippen LogP contribution >= 0.6 is 0 Å². The summed E-state index contributed by atoms with van der Waals surface area (Å²) in [5, 5.41) is 7.87. The smallest absolute Gasteiger partial charge is 0.355 e. The van der Waals surface area contributed by atoms with E-state index in [4.69, 9.17) is 4.52 Å². The Morgan fingerprint density at radius 2 is 1.91 bits per heavy atom. The molecule has 4 aromatic rings. The Hall–Kier alpha value is -4.02. The predicted octanol–water partition coefficient (Wildman–Crippen LogP) is 5.16.